The van der Waals surface area contributed by atoms with Gasteiger partial charge in [-0.25, -0.2) is 0 Å². The molecular weight excluding hydrogens is 732 g/mol. The number of hydrogen-bond donors (Lipinski definition) is 6. The summed E-state index contributed by atoms with van der Waals surface area (Å²) in [6.07, 6.45) is -7.81. The van der Waals surface area contributed by atoms with Crippen LogP contribution >= 0.6 is 0 Å². The predicted molar refractivity (Wildman–Crippen MR) is 206 cm³/mol. The van der Waals surface area contributed by atoms with Crippen LogP contribution in [0.25, 0.3) is 0 Å². The van der Waals surface area contributed by atoms with Crippen molar-refractivity contribution in [3.05, 3.63) is 0 Å². The summed E-state index contributed by atoms with van der Waals surface area (Å²) >= 11 is 0. The number of carbonyl (C=O) groups is 1. The third kappa shape index (κ3) is 11.2. The quantitative estimate of drug-likeness (QED) is 0.0721. The molecule has 16 heteroatoms. The van der Waals surface area contributed by atoms with Crippen molar-refractivity contribution in [2.75, 3.05) is 41.3 Å². The lowest BCUT2D eigenvalue weighted by Crippen LogP contribution is -2.62. The first-order valence-electron chi connectivity index (χ1n) is 20.3. The second-order valence-electron chi connectivity index (χ2n) is 17.2. The molecule has 3 heterocycles. The van der Waals surface area contributed by atoms with Gasteiger partial charge in [-0.3, -0.25) is 4.79 Å². The first-order chi connectivity index (χ1) is 26.1. The molecule has 18 atom stereocenters. The maximum absolute atomic E-state index is 14.4. The van der Waals surface area contributed by atoms with Gasteiger partial charge in [-0.1, -0.05) is 39.8 Å². The predicted octanol–water partition coefficient (Wildman–Crippen LogP) is 2.14. The molecule has 0 radical (unpaired) electrons. The summed E-state index contributed by atoms with van der Waals surface area (Å²) in [6.45, 7) is 17.7. The Bertz CT molecular complexity index is 1260. The van der Waals surface area contributed by atoms with Crippen LogP contribution in [0.1, 0.15) is 94.9 Å². The fraction of sp³-hybridized carbons (Fsp3) is 0.950. The lowest BCUT2D eigenvalue weighted by atomic mass is 9.67. The fourth-order valence-electron chi connectivity index (χ4n) is 9.28. The van der Waals surface area contributed by atoms with Crippen LogP contribution in [0.2, 0.25) is 0 Å². The number of rotatable bonds is 12. The number of hydrogen-bond acceptors (Lipinski definition) is 16. The molecule has 3 fully saturated rings. The molecule has 0 aliphatic carbocycles. The zero-order valence-electron chi connectivity index (χ0n) is 36.0. The molecule has 3 aliphatic rings. The van der Waals surface area contributed by atoms with Gasteiger partial charge in [-0.2, -0.15) is 0 Å². The topological polar surface area (TPSA) is 216 Å². The van der Waals surface area contributed by atoms with E-state index < -0.39 is 101 Å². The Morgan fingerprint density at radius 1 is 0.929 bits per heavy atom. The van der Waals surface area contributed by atoms with Gasteiger partial charge < -0.3 is 68.8 Å². The lowest BCUT2D eigenvalue weighted by molar-refractivity contribution is -0.297. The number of esters is 1. The third-order valence-corrected chi connectivity index (χ3v) is 12.7. The molecule has 3 saturated heterocycles. The van der Waals surface area contributed by atoms with Crippen molar-refractivity contribution in [2.24, 2.45) is 34.7 Å². The summed E-state index contributed by atoms with van der Waals surface area (Å²) in [4.78, 5) is 20.0. The van der Waals surface area contributed by atoms with Gasteiger partial charge in [0, 0.05) is 44.4 Å². The van der Waals surface area contributed by atoms with Crippen molar-refractivity contribution in [2.45, 2.75) is 173 Å². The van der Waals surface area contributed by atoms with E-state index in [0.717, 1.165) is 0 Å². The number of carbonyl (C=O) groups excluding carboxylic acids is 1. The summed E-state index contributed by atoms with van der Waals surface area (Å²) < 4.78 is 41.9. The van der Waals surface area contributed by atoms with Crippen LogP contribution in [-0.4, -0.2) is 156 Å². The molecule has 0 aromatic heterocycles. The molecule has 0 bridgehead atoms. The Hall–Kier alpha value is -1.54. The van der Waals surface area contributed by atoms with E-state index in [-0.39, 0.29) is 44.8 Å². The van der Waals surface area contributed by atoms with Crippen LogP contribution in [0.5, 0.6) is 0 Å². The zero-order chi connectivity index (χ0) is 42.3. The van der Waals surface area contributed by atoms with Crippen molar-refractivity contribution in [1.29, 1.82) is 0 Å². The normalized spacial score (nSPS) is 46.9. The van der Waals surface area contributed by atoms with Gasteiger partial charge in [0.05, 0.1) is 66.6 Å². The second kappa shape index (κ2) is 20.6. The standard InChI is InChI=1S/C40H74N2O14/c1-14-29-40(10,48)33(44)25(6)31(42-52-20-51-16-15-49-12)21(2)18-38(8,47)35(56-37-32(43)27(41-11)17-22(3)53-37)23(4)30(24(5)36(46)55-29)28-19-39(9,50-13)34(45)26(7)54-28/h21-30,32-35,37,41,43-45,47-48H,14-20H2,1-13H3/b42-31+/t21-,22?,23+,24?,25?,26?,27?,28?,29-,30+,32-,33?,34+,35-,37?,38-,39-,40-/m1/s1. The Morgan fingerprint density at radius 2 is 1.59 bits per heavy atom. The molecule has 3 aliphatic heterocycles. The average molecular weight is 807 g/mol. The molecule has 0 saturated carbocycles. The van der Waals surface area contributed by atoms with Crippen LogP contribution in [-0.2, 0) is 42.8 Å². The van der Waals surface area contributed by atoms with E-state index in [0.29, 0.717) is 18.7 Å². The number of oxime groups is 1. The molecule has 0 amide bonds. The Morgan fingerprint density at radius 3 is 2.18 bits per heavy atom. The average Bonchev–Trinajstić information content (AvgIpc) is 3.14. The van der Waals surface area contributed by atoms with Crippen LogP contribution in [0, 0.1) is 29.6 Å². The molecule has 3 rings (SSSR count). The first kappa shape index (κ1) is 48.8. The van der Waals surface area contributed by atoms with E-state index in [1.807, 2.05) is 20.8 Å². The molecule has 16 nitrogen and oxygen atoms in total. The molecule has 0 spiro atoms. The van der Waals surface area contributed by atoms with Crippen LogP contribution in [0.4, 0.5) is 0 Å². The number of aliphatic hydroxyl groups is 5. The van der Waals surface area contributed by atoms with E-state index in [2.05, 4.69) is 10.5 Å². The number of ether oxygens (including phenoxy) is 7. The maximum atomic E-state index is 14.4. The van der Waals surface area contributed by atoms with E-state index >= 15 is 0 Å². The molecular formula is C40H74N2O14. The highest BCUT2D eigenvalue weighted by molar-refractivity contribution is 5.88. The highest BCUT2D eigenvalue weighted by Gasteiger charge is 2.55. The summed E-state index contributed by atoms with van der Waals surface area (Å²) in [5.74, 6) is -4.49. The number of aliphatic hydroxyl groups excluding tert-OH is 3. The molecule has 6 N–H and O–H groups in total. The Labute approximate surface area is 333 Å². The monoisotopic (exact) mass is 807 g/mol. The summed E-state index contributed by atoms with van der Waals surface area (Å²) in [5, 5.41) is 66.8. The van der Waals surface area contributed by atoms with Crippen molar-refractivity contribution >= 4 is 11.7 Å². The van der Waals surface area contributed by atoms with Crippen LogP contribution in [0.3, 0.4) is 0 Å². The minimum Gasteiger partial charge on any atom is -0.459 e. The number of cyclic esters (lactones) is 1. The van der Waals surface area contributed by atoms with E-state index in [1.54, 1.807) is 55.7 Å². The Balaban J connectivity index is 2.25. The minimum atomic E-state index is -1.94. The maximum Gasteiger partial charge on any atom is 0.309 e. The SMILES string of the molecule is CC[C@H]1OC(=O)C(C)[C@@H](C2C[C@@](C)(OC)[C@@H](O)C(C)O2)[C@H](C)[C@@H](OC2OC(C)CC(NC)[C@H]2O)[C@](C)(O)C[C@@H](C)/C(=N\OCOCCOC)C(C)C(O)[C@]1(C)O. The second-order valence-corrected chi connectivity index (χ2v) is 17.2. The van der Waals surface area contributed by atoms with Gasteiger partial charge in [-0.15, -0.1) is 0 Å². The molecule has 56 heavy (non-hydrogen) atoms. The summed E-state index contributed by atoms with van der Waals surface area (Å²) in [6, 6.07) is -0.360. The molecule has 0 aromatic carbocycles. The van der Waals surface area contributed by atoms with E-state index in [4.69, 9.17) is 38.0 Å². The highest BCUT2D eigenvalue weighted by atomic mass is 16.7. The van der Waals surface area contributed by atoms with Gasteiger partial charge in [0.1, 0.15) is 23.9 Å². The molecule has 8 unspecified atom stereocenters. The van der Waals surface area contributed by atoms with E-state index in [9.17, 15) is 30.3 Å². The number of nitrogens with zero attached hydrogens (tertiary/aromatic N) is 1. The molecule has 0 aromatic rings. The highest BCUT2D eigenvalue weighted by Crippen LogP contribution is 2.45. The van der Waals surface area contributed by atoms with Gasteiger partial charge >= 0.3 is 5.97 Å². The van der Waals surface area contributed by atoms with Gasteiger partial charge in [0.25, 0.3) is 0 Å². The summed E-state index contributed by atoms with van der Waals surface area (Å²) in [7, 11) is 4.81. The zero-order valence-corrected chi connectivity index (χ0v) is 36.0. The largest absolute Gasteiger partial charge is 0.459 e. The lowest BCUT2D eigenvalue weighted by Gasteiger charge is -2.51. The van der Waals surface area contributed by atoms with Gasteiger partial charge in [0.2, 0.25) is 6.79 Å². The van der Waals surface area contributed by atoms with Crippen molar-refractivity contribution < 1.29 is 68.3 Å². The number of likely N-dealkylation sites (N-methyl/N-ethyl adjacent to an activating group) is 1. The van der Waals surface area contributed by atoms with Crippen molar-refractivity contribution in [3.8, 4) is 0 Å². The van der Waals surface area contributed by atoms with Crippen LogP contribution in [0.15, 0.2) is 5.16 Å². The number of methoxy groups -OCH3 is 2. The molecule has 328 valence electrons. The van der Waals surface area contributed by atoms with Crippen LogP contribution < -0.4 is 5.32 Å². The smallest absolute Gasteiger partial charge is 0.309 e. The minimum absolute atomic E-state index is 0.000933. The summed E-state index contributed by atoms with van der Waals surface area (Å²) in [5.41, 5.74) is -4.40. The van der Waals surface area contributed by atoms with E-state index in [1.165, 1.54) is 14.0 Å². The van der Waals surface area contributed by atoms with Gasteiger partial charge in [-0.05, 0) is 66.8 Å². The third-order valence-electron chi connectivity index (χ3n) is 12.7. The van der Waals surface area contributed by atoms with Crippen molar-refractivity contribution in [3.63, 3.8) is 0 Å². The number of nitrogens with one attached hydrogen (secondary N) is 1. The fourth-order valence-corrected chi connectivity index (χ4v) is 9.28. The Kier molecular flexibility index (Phi) is 18.0. The van der Waals surface area contributed by atoms with Crippen molar-refractivity contribution in [1.82, 2.24) is 5.32 Å². The van der Waals surface area contributed by atoms with Gasteiger partial charge in [0.15, 0.2) is 6.29 Å². The first-order valence-corrected chi connectivity index (χ1v) is 20.3.